The molecule has 81 valence electrons. The first kappa shape index (κ1) is 10.7. The molecule has 0 amide bonds. The Hall–Kier alpha value is -1.83. The minimum atomic E-state index is 0.795. The van der Waals surface area contributed by atoms with Crippen LogP contribution in [0, 0.1) is 6.07 Å². The van der Waals surface area contributed by atoms with E-state index >= 15 is 0 Å². The number of hydrogen-bond acceptors (Lipinski definition) is 2. The topological polar surface area (TPSA) is 22.1 Å². The summed E-state index contributed by atoms with van der Waals surface area (Å²) in [6, 6.07) is 13.1. The molecule has 2 nitrogen and oxygen atoms in total. The SMILES string of the molecule is COc1[c]ccc(CCc2cccnc2)c1. The van der Waals surface area contributed by atoms with E-state index in [1.165, 1.54) is 11.1 Å². The van der Waals surface area contributed by atoms with Crippen molar-refractivity contribution in [2.45, 2.75) is 12.8 Å². The van der Waals surface area contributed by atoms with E-state index in [-0.39, 0.29) is 0 Å². The second-order valence-electron chi connectivity index (χ2n) is 3.63. The lowest BCUT2D eigenvalue weighted by atomic mass is 10.1. The van der Waals surface area contributed by atoms with Crippen LogP contribution in [0.1, 0.15) is 11.1 Å². The van der Waals surface area contributed by atoms with Gasteiger partial charge in [0.25, 0.3) is 0 Å². The molecule has 0 aliphatic heterocycles. The van der Waals surface area contributed by atoms with Crippen molar-refractivity contribution in [3.63, 3.8) is 0 Å². The molecule has 2 aromatic rings. The van der Waals surface area contributed by atoms with Crippen molar-refractivity contribution in [3.05, 3.63) is 59.9 Å². The molecule has 1 radical (unpaired) electrons. The highest BCUT2D eigenvalue weighted by molar-refractivity contribution is 5.28. The summed E-state index contributed by atoms with van der Waals surface area (Å²) in [5, 5.41) is 0. The fourth-order valence-corrected chi connectivity index (χ4v) is 1.60. The molecular formula is C14H14NO. The third kappa shape index (κ3) is 2.83. The Morgan fingerprint density at radius 1 is 1.25 bits per heavy atom. The van der Waals surface area contributed by atoms with E-state index in [0.717, 1.165) is 18.6 Å². The van der Waals surface area contributed by atoms with Crippen molar-refractivity contribution >= 4 is 0 Å². The molecule has 0 spiro atoms. The van der Waals surface area contributed by atoms with Gasteiger partial charge < -0.3 is 4.74 Å². The van der Waals surface area contributed by atoms with Crippen LogP contribution in [0.25, 0.3) is 0 Å². The molecule has 0 aliphatic rings. The summed E-state index contributed by atoms with van der Waals surface area (Å²) < 4.78 is 5.14. The Morgan fingerprint density at radius 3 is 2.88 bits per heavy atom. The van der Waals surface area contributed by atoms with Crippen LogP contribution in [0.3, 0.4) is 0 Å². The molecule has 16 heavy (non-hydrogen) atoms. The lowest BCUT2D eigenvalue weighted by Crippen LogP contribution is -1.92. The molecule has 0 N–H and O–H groups in total. The Balaban J connectivity index is 1.99. The van der Waals surface area contributed by atoms with Gasteiger partial charge in [-0.3, -0.25) is 4.98 Å². The number of aryl methyl sites for hydroxylation is 2. The Bertz CT molecular complexity index is 439. The summed E-state index contributed by atoms with van der Waals surface area (Å²) in [4.78, 5) is 4.10. The fraction of sp³-hybridized carbons (Fsp3) is 0.214. The molecule has 0 saturated heterocycles. The number of pyridine rings is 1. The number of hydrogen-bond donors (Lipinski definition) is 0. The lowest BCUT2D eigenvalue weighted by Gasteiger charge is -2.04. The van der Waals surface area contributed by atoms with E-state index in [2.05, 4.69) is 23.2 Å². The highest BCUT2D eigenvalue weighted by atomic mass is 16.5. The molecule has 1 aromatic carbocycles. The zero-order chi connectivity index (χ0) is 11.2. The summed E-state index contributed by atoms with van der Waals surface area (Å²) in [5.74, 6) is 0.795. The number of ether oxygens (including phenoxy) is 1. The molecular weight excluding hydrogens is 198 g/mol. The van der Waals surface area contributed by atoms with Crippen molar-refractivity contribution in [2.75, 3.05) is 7.11 Å². The van der Waals surface area contributed by atoms with Gasteiger partial charge in [0.05, 0.1) is 7.11 Å². The zero-order valence-electron chi connectivity index (χ0n) is 9.31. The molecule has 0 fully saturated rings. The highest BCUT2D eigenvalue weighted by Crippen LogP contribution is 2.13. The van der Waals surface area contributed by atoms with Crippen LogP contribution in [-0.2, 0) is 12.8 Å². The number of methoxy groups -OCH3 is 1. The zero-order valence-corrected chi connectivity index (χ0v) is 9.31. The predicted octanol–water partition coefficient (Wildman–Crippen LogP) is 2.68. The molecule has 1 aromatic heterocycles. The Kier molecular flexibility index (Phi) is 3.54. The van der Waals surface area contributed by atoms with Gasteiger partial charge in [0.1, 0.15) is 5.75 Å². The van der Waals surface area contributed by atoms with E-state index in [1.54, 1.807) is 13.3 Å². The van der Waals surface area contributed by atoms with Gasteiger partial charge in [0, 0.05) is 18.5 Å². The average molecular weight is 212 g/mol. The van der Waals surface area contributed by atoms with Crippen LogP contribution in [0.4, 0.5) is 0 Å². The van der Waals surface area contributed by atoms with Crippen molar-refractivity contribution in [1.82, 2.24) is 4.98 Å². The van der Waals surface area contributed by atoms with Crippen LogP contribution in [0.15, 0.2) is 42.7 Å². The standard InChI is InChI=1S/C14H14NO/c1-16-14-6-2-4-12(10-14)7-8-13-5-3-9-15-11-13/h2-5,9-11H,7-8H2,1H3. The van der Waals surface area contributed by atoms with Crippen molar-refractivity contribution < 1.29 is 4.74 Å². The first-order valence-corrected chi connectivity index (χ1v) is 5.32. The molecule has 0 saturated carbocycles. The van der Waals surface area contributed by atoms with Crippen molar-refractivity contribution in [1.29, 1.82) is 0 Å². The molecule has 2 heteroatoms. The van der Waals surface area contributed by atoms with Gasteiger partial charge in [-0.1, -0.05) is 18.2 Å². The smallest absolute Gasteiger partial charge is 0.127 e. The van der Waals surface area contributed by atoms with Gasteiger partial charge in [-0.2, -0.15) is 0 Å². The van der Waals surface area contributed by atoms with Crippen LogP contribution < -0.4 is 4.74 Å². The van der Waals surface area contributed by atoms with Crippen LogP contribution >= 0.6 is 0 Å². The molecule has 0 unspecified atom stereocenters. The molecule has 0 aliphatic carbocycles. The third-order valence-electron chi connectivity index (χ3n) is 2.48. The largest absolute Gasteiger partial charge is 0.496 e. The van der Waals surface area contributed by atoms with E-state index in [9.17, 15) is 0 Å². The van der Waals surface area contributed by atoms with Crippen LogP contribution in [-0.4, -0.2) is 12.1 Å². The van der Waals surface area contributed by atoms with Gasteiger partial charge >= 0.3 is 0 Å². The quantitative estimate of drug-likeness (QED) is 0.777. The average Bonchev–Trinajstić information content (AvgIpc) is 2.38. The third-order valence-corrected chi connectivity index (χ3v) is 2.48. The molecule has 2 rings (SSSR count). The first-order chi connectivity index (χ1) is 7.88. The number of nitrogens with zero attached hydrogens (tertiary/aromatic N) is 1. The summed E-state index contributed by atoms with van der Waals surface area (Å²) in [7, 11) is 1.66. The predicted molar refractivity (Wildman–Crippen MR) is 63.5 cm³/mol. The normalized spacial score (nSPS) is 10.1. The number of aromatic nitrogens is 1. The molecule has 0 atom stereocenters. The van der Waals surface area contributed by atoms with Crippen LogP contribution in [0.2, 0.25) is 0 Å². The Labute approximate surface area is 95.9 Å². The minimum absolute atomic E-state index is 0.795. The summed E-state index contributed by atoms with van der Waals surface area (Å²) in [6.07, 6.45) is 5.70. The first-order valence-electron chi connectivity index (χ1n) is 5.32. The Morgan fingerprint density at radius 2 is 2.12 bits per heavy atom. The molecule has 0 bridgehead atoms. The minimum Gasteiger partial charge on any atom is -0.496 e. The van der Waals surface area contributed by atoms with E-state index < -0.39 is 0 Å². The maximum absolute atomic E-state index is 5.14. The van der Waals surface area contributed by atoms with Crippen molar-refractivity contribution in [3.8, 4) is 5.75 Å². The maximum Gasteiger partial charge on any atom is 0.127 e. The highest BCUT2D eigenvalue weighted by Gasteiger charge is 1.97. The van der Waals surface area contributed by atoms with Gasteiger partial charge in [-0.15, -0.1) is 0 Å². The maximum atomic E-state index is 5.14. The molecule has 1 heterocycles. The van der Waals surface area contributed by atoms with E-state index in [4.69, 9.17) is 4.74 Å². The number of rotatable bonds is 4. The second kappa shape index (κ2) is 5.31. The van der Waals surface area contributed by atoms with Gasteiger partial charge in [0.2, 0.25) is 0 Å². The van der Waals surface area contributed by atoms with E-state index in [0.29, 0.717) is 0 Å². The van der Waals surface area contributed by atoms with E-state index in [1.807, 2.05) is 24.4 Å². The summed E-state index contributed by atoms with van der Waals surface area (Å²) in [5.41, 5.74) is 2.52. The second-order valence-corrected chi connectivity index (χ2v) is 3.63. The van der Waals surface area contributed by atoms with Gasteiger partial charge in [-0.05, 0) is 36.1 Å². The van der Waals surface area contributed by atoms with Crippen molar-refractivity contribution in [2.24, 2.45) is 0 Å². The van der Waals surface area contributed by atoms with Gasteiger partial charge in [-0.25, -0.2) is 0 Å². The summed E-state index contributed by atoms with van der Waals surface area (Å²) in [6.45, 7) is 0. The summed E-state index contributed by atoms with van der Waals surface area (Å²) >= 11 is 0. The van der Waals surface area contributed by atoms with Crippen LogP contribution in [0.5, 0.6) is 5.75 Å². The fourth-order valence-electron chi connectivity index (χ4n) is 1.60. The van der Waals surface area contributed by atoms with Gasteiger partial charge in [0.15, 0.2) is 0 Å². The monoisotopic (exact) mass is 212 g/mol. The lowest BCUT2D eigenvalue weighted by molar-refractivity contribution is 0.413. The number of benzene rings is 1.